The number of nitrogens with one attached hydrogen (secondary N) is 1. The van der Waals surface area contributed by atoms with Crippen molar-refractivity contribution < 1.29 is 14.3 Å². The molecule has 0 aromatic rings. The first-order chi connectivity index (χ1) is 9.07. The molecule has 2 rings (SSSR count). The Bertz CT molecular complexity index is 322. The molecule has 2 saturated heterocycles. The lowest BCUT2D eigenvalue weighted by molar-refractivity contribution is -0.0111. The van der Waals surface area contributed by atoms with Gasteiger partial charge in [-0.15, -0.1) is 0 Å². The summed E-state index contributed by atoms with van der Waals surface area (Å²) in [6, 6.07) is 0.357. The fourth-order valence-corrected chi connectivity index (χ4v) is 3.36. The average Bonchev–Trinajstić information content (AvgIpc) is 2.93. The largest absolute Gasteiger partial charge is 0.448 e. The Hall–Kier alpha value is -0.810. The molecule has 0 aromatic heterocycles. The molecule has 0 saturated carbocycles. The van der Waals surface area contributed by atoms with Crippen LogP contribution in [0.25, 0.3) is 0 Å². The first kappa shape index (κ1) is 14.6. The second-order valence-corrected chi connectivity index (χ2v) is 5.92. The Kier molecular flexibility index (Phi) is 4.68. The fourth-order valence-electron chi connectivity index (χ4n) is 3.36. The highest BCUT2D eigenvalue weighted by Crippen LogP contribution is 2.42. The number of amides is 1. The number of carbonyl (C=O) groups is 1. The van der Waals surface area contributed by atoms with Crippen molar-refractivity contribution in [1.29, 1.82) is 0 Å². The van der Waals surface area contributed by atoms with Gasteiger partial charge in [0.15, 0.2) is 0 Å². The summed E-state index contributed by atoms with van der Waals surface area (Å²) in [5, 5.41) is 2.49. The van der Waals surface area contributed by atoms with Crippen molar-refractivity contribution >= 4 is 6.09 Å². The first-order valence-corrected chi connectivity index (χ1v) is 7.30. The van der Waals surface area contributed by atoms with Gasteiger partial charge < -0.3 is 14.8 Å². The quantitative estimate of drug-likeness (QED) is 0.827. The Morgan fingerprint density at radius 1 is 1.47 bits per heavy atom. The number of carbonyl (C=O) groups excluding carboxylic acids is 1. The zero-order chi connectivity index (χ0) is 13.9. The number of rotatable bonds is 5. The normalized spacial score (nSPS) is 30.6. The van der Waals surface area contributed by atoms with E-state index in [4.69, 9.17) is 9.47 Å². The van der Waals surface area contributed by atoms with Gasteiger partial charge in [0.25, 0.3) is 0 Å². The van der Waals surface area contributed by atoms with Gasteiger partial charge in [0, 0.05) is 18.6 Å². The minimum Gasteiger partial charge on any atom is -0.448 e. The molecule has 0 aliphatic carbocycles. The Balaban J connectivity index is 1.90. The molecule has 19 heavy (non-hydrogen) atoms. The van der Waals surface area contributed by atoms with E-state index in [1.165, 1.54) is 12.8 Å². The summed E-state index contributed by atoms with van der Waals surface area (Å²) in [5.74, 6) is 0. The lowest BCUT2D eigenvalue weighted by atomic mass is 9.95. The molecular formula is C14H26N2O3. The maximum Gasteiger partial charge on any atom is 0.406 e. The summed E-state index contributed by atoms with van der Waals surface area (Å²) in [7, 11) is 1.59. The van der Waals surface area contributed by atoms with Crippen molar-refractivity contribution in [2.75, 3.05) is 26.8 Å². The molecule has 0 spiro atoms. The number of ether oxygens (including phenoxy) is 2. The Morgan fingerprint density at radius 3 is 2.95 bits per heavy atom. The zero-order valence-corrected chi connectivity index (χ0v) is 12.3. The van der Waals surface area contributed by atoms with Gasteiger partial charge in [-0.25, -0.2) is 4.79 Å². The number of hydrogen-bond donors (Lipinski definition) is 1. The topological polar surface area (TPSA) is 50.8 Å². The van der Waals surface area contributed by atoms with Gasteiger partial charge in [-0.1, -0.05) is 0 Å². The summed E-state index contributed by atoms with van der Waals surface area (Å²) in [6.07, 6.45) is 4.61. The minimum atomic E-state index is -0.338. The monoisotopic (exact) mass is 270 g/mol. The highest BCUT2D eigenvalue weighted by atomic mass is 16.5. The smallest absolute Gasteiger partial charge is 0.406 e. The molecule has 2 fully saturated rings. The summed E-state index contributed by atoms with van der Waals surface area (Å²) < 4.78 is 11.1. The van der Waals surface area contributed by atoms with Gasteiger partial charge >= 0.3 is 6.09 Å². The minimum absolute atomic E-state index is 0.195. The molecule has 2 atom stereocenters. The highest BCUT2D eigenvalue weighted by molar-refractivity contribution is 5.66. The molecule has 5 nitrogen and oxygen atoms in total. The molecule has 5 heteroatoms. The van der Waals surface area contributed by atoms with Crippen LogP contribution in [0, 0.1) is 0 Å². The average molecular weight is 270 g/mol. The highest BCUT2D eigenvalue weighted by Gasteiger charge is 2.49. The van der Waals surface area contributed by atoms with Crippen LogP contribution in [0.1, 0.15) is 39.5 Å². The van der Waals surface area contributed by atoms with Gasteiger partial charge in [0.1, 0.15) is 6.61 Å². The van der Waals surface area contributed by atoms with Crippen LogP contribution in [0.3, 0.4) is 0 Å². The van der Waals surface area contributed by atoms with E-state index in [-0.39, 0.29) is 17.7 Å². The number of alkyl carbamates (subject to hydrolysis) is 1. The molecule has 2 aliphatic heterocycles. The fraction of sp³-hybridized carbons (Fsp3) is 0.929. The standard InChI is InChI=1S/C14H26N2O3/c1-11(2)19-10-14-6-4-8-16(14)12(5-7-14)9-18-13(17)15-3/h11-12H,4-10H2,1-3H3,(H,15,17)/t12-,14-/m1/s1. The van der Waals surface area contributed by atoms with Crippen LogP contribution in [-0.4, -0.2) is 55.5 Å². The molecule has 2 heterocycles. The summed E-state index contributed by atoms with van der Waals surface area (Å²) in [6.45, 7) is 6.56. The van der Waals surface area contributed by atoms with Crippen LogP contribution in [0.15, 0.2) is 0 Å². The van der Waals surface area contributed by atoms with Crippen LogP contribution in [0.2, 0.25) is 0 Å². The molecule has 2 aliphatic rings. The third-order valence-electron chi connectivity index (χ3n) is 4.33. The number of nitrogens with zero attached hydrogens (tertiary/aromatic N) is 1. The van der Waals surface area contributed by atoms with E-state index in [1.54, 1.807) is 7.05 Å². The maximum absolute atomic E-state index is 11.2. The van der Waals surface area contributed by atoms with Crippen molar-refractivity contribution in [3.05, 3.63) is 0 Å². The molecule has 0 unspecified atom stereocenters. The third-order valence-corrected chi connectivity index (χ3v) is 4.33. The van der Waals surface area contributed by atoms with Gasteiger partial charge in [0.2, 0.25) is 0 Å². The van der Waals surface area contributed by atoms with E-state index >= 15 is 0 Å². The van der Waals surface area contributed by atoms with Gasteiger partial charge in [-0.05, 0) is 46.1 Å². The second-order valence-electron chi connectivity index (χ2n) is 5.92. The first-order valence-electron chi connectivity index (χ1n) is 7.30. The van der Waals surface area contributed by atoms with Crippen LogP contribution in [-0.2, 0) is 9.47 Å². The lowest BCUT2D eigenvalue weighted by Crippen LogP contribution is -2.47. The molecule has 0 aromatic carbocycles. The van der Waals surface area contributed by atoms with E-state index in [9.17, 15) is 4.79 Å². The Morgan fingerprint density at radius 2 is 2.26 bits per heavy atom. The van der Waals surface area contributed by atoms with Gasteiger partial charge in [-0.3, -0.25) is 4.90 Å². The van der Waals surface area contributed by atoms with E-state index in [2.05, 4.69) is 24.1 Å². The predicted octanol–water partition coefficient (Wildman–Crippen LogP) is 1.76. The SMILES string of the molecule is CNC(=O)OC[C@H]1CC[C@@]2(COC(C)C)CCCN12. The molecule has 1 N–H and O–H groups in total. The van der Waals surface area contributed by atoms with E-state index in [0.29, 0.717) is 12.6 Å². The van der Waals surface area contributed by atoms with Crippen molar-refractivity contribution in [2.45, 2.75) is 57.2 Å². The summed E-state index contributed by atoms with van der Waals surface area (Å²) in [4.78, 5) is 13.7. The maximum atomic E-state index is 11.2. The summed E-state index contributed by atoms with van der Waals surface area (Å²) in [5.41, 5.74) is 0.195. The summed E-state index contributed by atoms with van der Waals surface area (Å²) >= 11 is 0. The Labute approximate surface area is 115 Å². The van der Waals surface area contributed by atoms with Gasteiger partial charge in [0.05, 0.1) is 12.7 Å². The van der Waals surface area contributed by atoms with E-state index in [1.807, 2.05) is 0 Å². The molecular weight excluding hydrogens is 244 g/mol. The molecule has 110 valence electrons. The van der Waals surface area contributed by atoms with E-state index < -0.39 is 0 Å². The molecule has 0 radical (unpaired) electrons. The predicted molar refractivity (Wildman–Crippen MR) is 73.2 cm³/mol. The number of fused-ring (bicyclic) bond motifs is 1. The van der Waals surface area contributed by atoms with Crippen LogP contribution in [0.5, 0.6) is 0 Å². The van der Waals surface area contributed by atoms with Crippen molar-refractivity contribution in [1.82, 2.24) is 10.2 Å². The lowest BCUT2D eigenvalue weighted by Gasteiger charge is -2.35. The van der Waals surface area contributed by atoms with Crippen LogP contribution in [0.4, 0.5) is 4.79 Å². The van der Waals surface area contributed by atoms with Crippen molar-refractivity contribution in [2.24, 2.45) is 0 Å². The third kappa shape index (κ3) is 3.20. The second kappa shape index (κ2) is 6.09. The van der Waals surface area contributed by atoms with Crippen LogP contribution >= 0.6 is 0 Å². The molecule has 1 amide bonds. The van der Waals surface area contributed by atoms with E-state index in [0.717, 1.165) is 26.0 Å². The number of hydrogen-bond acceptors (Lipinski definition) is 4. The zero-order valence-electron chi connectivity index (χ0n) is 12.3. The van der Waals surface area contributed by atoms with Crippen molar-refractivity contribution in [3.63, 3.8) is 0 Å². The van der Waals surface area contributed by atoms with Gasteiger partial charge in [-0.2, -0.15) is 0 Å². The van der Waals surface area contributed by atoms with Crippen LogP contribution < -0.4 is 5.32 Å². The van der Waals surface area contributed by atoms with Crippen molar-refractivity contribution in [3.8, 4) is 0 Å². The molecule has 0 bridgehead atoms.